The average Bonchev–Trinajstić information content (AvgIpc) is 2.78. The van der Waals surface area contributed by atoms with E-state index in [9.17, 15) is 4.79 Å². The Morgan fingerprint density at radius 1 is 1.53 bits per heavy atom. The lowest BCUT2D eigenvalue weighted by Crippen LogP contribution is -2.35. The van der Waals surface area contributed by atoms with Crippen LogP contribution in [0, 0.1) is 5.92 Å². The van der Waals surface area contributed by atoms with Crippen molar-refractivity contribution in [2.24, 2.45) is 18.7 Å². The number of rotatable bonds is 8. The molecule has 0 aliphatic carbocycles. The lowest BCUT2D eigenvalue weighted by atomic mass is 10.1. The minimum absolute atomic E-state index is 0.208. The van der Waals surface area contributed by atoms with E-state index >= 15 is 0 Å². The molecule has 0 saturated heterocycles. The molecule has 1 amide bonds. The van der Waals surface area contributed by atoms with Gasteiger partial charge in [-0.3, -0.25) is 9.48 Å². The first-order valence-corrected chi connectivity index (χ1v) is 6.60. The Balaban J connectivity index is 2.17. The monoisotopic (exact) mass is 268 g/mol. The maximum absolute atomic E-state index is 11.8. The molecule has 0 saturated carbocycles. The minimum atomic E-state index is -0.677. The van der Waals surface area contributed by atoms with Crippen LogP contribution in [0.3, 0.4) is 0 Å². The summed E-state index contributed by atoms with van der Waals surface area (Å²) in [5.41, 5.74) is 6.54. The molecule has 1 heterocycles. The van der Waals surface area contributed by atoms with Crippen LogP contribution in [0.15, 0.2) is 12.4 Å². The number of nitrogens with one attached hydrogen (secondary N) is 1. The summed E-state index contributed by atoms with van der Waals surface area (Å²) < 4.78 is 7.03. The second-order valence-corrected chi connectivity index (χ2v) is 5.01. The molecular weight excluding hydrogens is 244 g/mol. The van der Waals surface area contributed by atoms with Gasteiger partial charge in [0.2, 0.25) is 5.91 Å². The molecule has 0 aliphatic rings. The van der Waals surface area contributed by atoms with E-state index in [0.29, 0.717) is 24.6 Å². The van der Waals surface area contributed by atoms with Gasteiger partial charge in [-0.05, 0) is 12.3 Å². The molecule has 6 nitrogen and oxygen atoms in total. The Hall–Kier alpha value is -1.40. The molecule has 1 unspecified atom stereocenters. The van der Waals surface area contributed by atoms with Crippen molar-refractivity contribution in [2.45, 2.75) is 26.3 Å². The van der Waals surface area contributed by atoms with E-state index in [2.05, 4.69) is 24.3 Å². The third-order valence-corrected chi connectivity index (χ3v) is 2.75. The summed E-state index contributed by atoms with van der Waals surface area (Å²) in [6.45, 7) is 6.02. The number of nitrogens with two attached hydrogens (primary N) is 1. The summed E-state index contributed by atoms with van der Waals surface area (Å²) in [6, 6.07) is -0.677. The number of carbonyl (C=O) groups excluding carboxylic acids is 1. The molecule has 0 radical (unpaired) electrons. The summed E-state index contributed by atoms with van der Waals surface area (Å²) in [7, 11) is 1.79. The van der Waals surface area contributed by atoms with Gasteiger partial charge in [0.1, 0.15) is 6.04 Å². The Morgan fingerprint density at radius 2 is 2.26 bits per heavy atom. The van der Waals surface area contributed by atoms with Gasteiger partial charge in [-0.25, -0.2) is 0 Å². The van der Waals surface area contributed by atoms with Crippen molar-refractivity contribution < 1.29 is 9.53 Å². The van der Waals surface area contributed by atoms with Gasteiger partial charge < -0.3 is 15.8 Å². The van der Waals surface area contributed by atoms with Gasteiger partial charge in [0.25, 0.3) is 0 Å². The Kier molecular flexibility index (Phi) is 6.52. The van der Waals surface area contributed by atoms with Crippen LogP contribution in [0.1, 0.15) is 31.9 Å². The van der Waals surface area contributed by atoms with Crippen molar-refractivity contribution in [1.82, 2.24) is 15.1 Å². The molecule has 6 heteroatoms. The standard InChI is InChI=1S/C13H24N4O2/c1-10(2)4-6-19-7-5-15-13(18)12(14)11-8-16-17(3)9-11/h8-10,12H,4-7,14H2,1-3H3,(H,15,18). The number of aromatic nitrogens is 2. The van der Waals surface area contributed by atoms with Crippen LogP contribution in [0.2, 0.25) is 0 Å². The van der Waals surface area contributed by atoms with E-state index in [1.54, 1.807) is 24.1 Å². The summed E-state index contributed by atoms with van der Waals surface area (Å²) in [4.78, 5) is 11.8. The van der Waals surface area contributed by atoms with Crippen molar-refractivity contribution in [1.29, 1.82) is 0 Å². The number of ether oxygens (including phenoxy) is 1. The molecule has 108 valence electrons. The highest BCUT2D eigenvalue weighted by Gasteiger charge is 2.16. The highest BCUT2D eigenvalue weighted by atomic mass is 16.5. The van der Waals surface area contributed by atoms with Gasteiger partial charge >= 0.3 is 0 Å². The van der Waals surface area contributed by atoms with Gasteiger partial charge in [-0.15, -0.1) is 0 Å². The van der Waals surface area contributed by atoms with Crippen molar-refractivity contribution in [3.05, 3.63) is 18.0 Å². The fraction of sp³-hybridized carbons (Fsp3) is 0.692. The van der Waals surface area contributed by atoms with Crippen molar-refractivity contribution in [3.63, 3.8) is 0 Å². The molecule has 3 N–H and O–H groups in total. The number of amides is 1. The maximum Gasteiger partial charge on any atom is 0.241 e. The van der Waals surface area contributed by atoms with Crippen LogP contribution < -0.4 is 11.1 Å². The van der Waals surface area contributed by atoms with Gasteiger partial charge in [0.05, 0.1) is 12.8 Å². The average molecular weight is 268 g/mol. The Labute approximate surface area is 114 Å². The number of hydrogen-bond acceptors (Lipinski definition) is 4. The van der Waals surface area contributed by atoms with Gasteiger partial charge in [0, 0.05) is 32.0 Å². The largest absolute Gasteiger partial charge is 0.380 e. The molecule has 0 aliphatic heterocycles. The van der Waals surface area contributed by atoms with Gasteiger partial charge in [0.15, 0.2) is 0 Å². The fourth-order valence-corrected chi connectivity index (χ4v) is 1.53. The van der Waals surface area contributed by atoms with Crippen LogP contribution in [-0.4, -0.2) is 35.4 Å². The van der Waals surface area contributed by atoms with E-state index < -0.39 is 6.04 Å². The first-order valence-electron chi connectivity index (χ1n) is 6.60. The molecule has 1 atom stereocenters. The molecule has 1 aromatic rings. The van der Waals surface area contributed by atoms with E-state index in [0.717, 1.165) is 13.0 Å². The quantitative estimate of drug-likeness (QED) is 0.676. The topological polar surface area (TPSA) is 82.2 Å². The summed E-state index contributed by atoms with van der Waals surface area (Å²) in [5.74, 6) is 0.425. The first-order chi connectivity index (χ1) is 9.00. The van der Waals surface area contributed by atoms with Crippen LogP contribution in [0.5, 0.6) is 0 Å². The summed E-state index contributed by atoms with van der Waals surface area (Å²) in [6.07, 6.45) is 4.37. The maximum atomic E-state index is 11.8. The number of carbonyl (C=O) groups is 1. The van der Waals surface area contributed by atoms with E-state index in [1.165, 1.54) is 0 Å². The van der Waals surface area contributed by atoms with Crippen LogP contribution in [-0.2, 0) is 16.6 Å². The van der Waals surface area contributed by atoms with Crippen molar-refractivity contribution in [2.75, 3.05) is 19.8 Å². The number of aryl methyl sites for hydroxylation is 1. The molecule has 0 fully saturated rings. The zero-order chi connectivity index (χ0) is 14.3. The zero-order valence-electron chi connectivity index (χ0n) is 11.9. The minimum Gasteiger partial charge on any atom is -0.380 e. The molecule has 1 aromatic heterocycles. The predicted octanol–water partition coefficient (Wildman–Crippen LogP) is 0.599. The first kappa shape index (κ1) is 15.7. The van der Waals surface area contributed by atoms with Crippen LogP contribution in [0.25, 0.3) is 0 Å². The lowest BCUT2D eigenvalue weighted by Gasteiger charge is -2.11. The number of hydrogen-bond donors (Lipinski definition) is 2. The van der Waals surface area contributed by atoms with Gasteiger partial charge in [-0.1, -0.05) is 13.8 Å². The summed E-state index contributed by atoms with van der Waals surface area (Å²) >= 11 is 0. The normalized spacial score (nSPS) is 12.7. The lowest BCUT2D eigenvalue weighted by molar-refractivity contribution is -0.122. The highest BCUT2D eigenvalue weighted by molar-refractivity contribution is 5.82. The third kappa shape index (κ3) is 5.85. The zero-order valence-corrected chi connectivity index (χ0v) is 11.9. The second-order valence-electron chi connectivity index (χ2n) is 5.01. The van der Waals surface area contributed by atoms with E-state index in [4.69, 9.17) is 10.5 Å². The summed E-state index contributed by atoms with van der Waals surface area (Å²) in [5, 5.41) is 6.74. The second kappa shape index (κ2) is 7.91. The van der Waals surface area contributed by atoms with Crippen LogP contribution >= 0.6 is 0 Å². The smallest absolute Gasteiger partial charge is 0.241 e. The molecule has 19 heavy (non-hydrogen) atoms. The third-order valence-electron chi connectivity index (χ3n) is 2.75. The van der Waals surface area contributed by atoms with Crippen LogP contribution in [0.4, 0.5) is 0 Å². The van der Waals surface area contributed by atoms with E-state index in [1.807, 2.05) is 0 Å². The fourth-order valence-electron chi connectivity index (χ4n) is 1.53. The molecule has 0 aromatic carbocycles. The van der Waals surface area contributed by atoms with Crippen molar-refractivity contribution in [3.8, 4) is 0 Å². The molecular formula is C13H24N4O2. The Bertz CT molecular complexity index is 390. The Morgan fingerprint density at radius 3 is 2.84 bits per heavy atom. The molecule has 0 bridgehead atoms. The van der Waals surface area contributed by atoms with E-state index in [-0.39, 0.29) is 5.91 Å². The van der Waals surface area contributed by atoms with Crippen molar-refractivity contribution >= 4 is 5.91 Å². The van der Waals surface area contributed by atoms with Gasteiger partial charge in [-0.2, -0.15) is 5.10 Å². The molecule has 1 rings (SSSR count). The SMILES string of the molecule is CC(C)CCOCCNC(=O)C(N)c1cnn(C)c1. The highest BCUT2D eigenvalue weighted by Crippen LogP contribution is 2.07. The number of nitrogens with zero attached hydrogens (tertiary/aromatic N) is 2. The molecule has 0 spiro atoms. The predicted molar refractivity (Wildman–Crippen MR) is 73.4 cm³/mol.